The van der Waals surface area contributed by atoms with Crippen LogP contribution in [0.3, 0.4) is 0 Å². The van der Waals surface area contributed by atoms with E-state index in [1.54, 1.807) is 48.5 Å². The van der Waals surface area contributed by atoms with Crippen LogP contribution in [0, 0.1) is 0 Å². The molecule has 0 radical (unpaired) electrons. The van der Waals surface area contributed by atoms with E-state index in [9.17, 15) is 34.2 Å². The first-order valence-electron chi connectivity index (χ1n) is 13.7. The molecule has 1 heterocycles. The van der Waals surface area contributed by atoms with Crippen molar-refractivity contribution in [1.29, 1.82) is 0 Å². The van der Waals surface area contributed by atoms with Gasteiger partial charge in [0.05, 0.1) is 30.8 Å². The summed E-state index contributed by atoms with van der Waals surface area (Å²) in [5.74, 6) is -1.48. The standard InChI is InChI=1S/C32H29N3O9/c1-33-30(40)34(16-22(37)19-43-28(38)26-14-6-10-20-8-2-4-12-24(20)26)32(42)35(31(33)41)17-23(18-36)44-29(39)27-15-7-11-21-9-3-5-13-25(21)27/h2-15,22-23,36-37H,16-19H2,1H3. The number of carbonyl (C=O) groups excluding carboxylic acids is 2. The number of nitrogens with zero attached hydrogens (tertiary/aromatic N) is 3. The number of ether oxygens (including phenoxy) is 2. The Morgan fingerprint density at radius 1 is 0.705 bits per heavy atom. The molecule has 12 nitrogen and oxygen atoms in total. The highest BCUT2D eigenvalue weighted by Crippen LogP contribution is 2.21. The van der Waals surface area contributed by atoms with E-state index in [2.05, 4.69) is 0 Å². The summed E-state index contributed by atoms with van der Waals surface area (Å²) in [7, 11) is 1.14. The average molecular weight is 600 g/mol. The fourth-order valence-electron chi connectivity index (χ4n) is 4.94. The minimum atomic E-state index is -1.48. The normalized spacial score (nSPS) is 12.6. The minimum absolute atomic E-state index is 0.230. The molecule has 0 saturated carbocycles. The summed E-state index contributed by atoms with van der Waals surface area (Å²) in [5.41, 5.74) is -2.60. The van der Waals surface area contributed by atoms with Gasteiger partial charge in [0.2, 0.25) is 0 Å². The van der Waals surface area contributed by atoms with Crippen molar-refractivity contribution in [2.24, 2.45) is 7.05 Å². The molecule has 2 N–H and O–H groups in total. The first kappa shape index (κ1) is 30.1. The van der Waals surface area contributed by atoms with Crippen molar-refractivity contribution < 1.29 is 29.3 Å². The Balaban J connectivity index is 1.32. The summed E-state index contributed by atoms with van der Waals surface area (Å²) < 4.78 is 12.6. The van der Waals surface area contributed by atoms with Gasteiger partial charge in [-0.05, 0) is 33.7 Å². The zero-order valence-corrected chi connectivity index (χ0v) is 23.7. The second-order valence-electron chi connectivity index (χ2n) is 10.1. The van der Waals surface area contributed by atoms with Crippen LogP contribution in [0.25, 0.3) is 21.5 Å². The maximum Gasteiger partial charge on any atom is 0.339 e. The van der Waals surface area contributed by atoms with E-state index in [1.165, 1.54) is 0 Å². The Bertz CT molecular complexity index is 2030. The van der Waals surface area contributed by atoms with E-state index < -0.39 is 67.5 Å². The number of rotatable bonds is 10. The highest BCUT2D eigenvalue weighted by molar-refractivity contribution is 6.05. The van der Waals surface area contributed by atoms with Gasteiger partial charge in [0.25, 0.3) is 0 Å². The fourth-order valence-corrected chi connectivity index (χ4v) is 4.94. The predicted octanol–water partition coefficient (Wildman–Crippen LogP) is 1.45. The molecule has 2 unspecified atom stereocenters. The van der Waals surface area contributed by atoms with Crippen LogP contribution >= 0.6 is 0 Å². The highest BCUT2D eigenvalue weighted by Gasteiger charge is 2.23. The number of fused-ring (bicyclic) bond motifs is 2. The smallest absolute Gasteiger partial charge is 0.339 e. The molecular weight excluding hydrogens is 570 g/mol. The number of esters is 2. The zero-order valence-electron chi connectivity index (χ0n) is 23.7. The van der Waals surface area contributed by atoms with E-state index in [-0.39, 0.29) is 11.1 Å². The Hall–Kier alpha value is -5.33. The average Bonchev–Trinajstić information content (AvgIpc) is 3.05. The Morgan fingerprint density at radius 2 is 1.20 bits per heavy atom. The topological polar surface area (TPSA) is 159 Å². The molecular formula is C32H29N3O9. The Morgan fingerprint density at radius 3 is 1.77 bits per heavy atom. The number of hydrogen-bond donors (Lipinski definition) is 2. The van der Waals surface area contributed by atoms with Crippen LogP contribution in [-0.2, 0) is 29.6 Å². The summed E-state index contributed by atoms with van der Waals surface area (Å²) >= 11 is 0. The zero-order chi connectivity index (χ0) is 31.4. The van der Waals surface area contributed by atoms with E-state index in [1.807, 2.05) is 36.4 Å². The second kappa shape index (κ2) is 12.9. The summed E-state index contributed by atoms with van der Waals surface area (Å²) in [6, 6.07) is 24.5. The fraction of sp³-hybridized carbons (Fsp3) is 0.219. The highest BCUT2D eigenvalue weighted by atomic mass is 16.6. The third-order valence-electron chi connectivity index (χ3n) is 7.18. The van der Waals surface area contributed by atoms with Crippen LogP contribution in [0.5, 0.6) is 0 Å². The number of aromatic nitrogens is 3. The van der Waals surface area contributed by atoms with Gasteiger partial charge in [-0.1, -0.05) is 72.8 Å². The monoisotopic (exact) mass is 599 g/mol. The van der Waals surface area contributed by atoms with Crippen LogP contribution in [0.1, 0.15) is 20.7 Å². The van der Waals surface area contributed by atoms with Crippen molar-refractivity contribution in [1.82, 2.24) is 13.7 Å². The lowest BCUT2D eigenvalue weighted by Gasteiger charge is -2.19. The summed E-state index contributed by atoms with van der Waals surface area (Å²) in [6.45, 7) is -2.43. The lowest BCUT2D eigenvalue weighted by Crippen LogP contribution is -2.56. The third kappa shape index (κ3) is 6.07. The maximum absolute atomic E-state index is 13.3. The van der Waals surface area contributed by atoms with Crippen LogP contribution in [0.2, 0.25) is 0 Å². The quantitative estimate of drug-likeness (QED) is 0.227. The maximum atomic E-state index is 13.3. The summed E-state index contributed by atoms with van der Waals surface area (Å²) in [4.78, 5) is 64.7. The van der Waals surface area contributed by atoms with Crippen molar-refractivity contribution in [3.8, 4) is 0 Å². The van der Waals surface area contributed by atoms with E-state index in [0.29, 0.717) is 24.5 Å². The van der Waals surface area contributed by atoms with Gasteiger partial charge in [0.15, 0.2) is 0 Å². The van der Waals surface area contributed by atoms with Gasteiger partial charge in [0, 0.05) is 7.05 Å². The van der Waals surface area contributed by atoms with Crippen LogP contribution in [0.4, 0.5) is 0 Å². The molecule has 0 bridgehead atoms. The Labute approximate surface area is 249 Å². The Kier molecular flexibility index (Phi) is 8.83. The van der Waals surface area contributed by atoms with Crippen molar-refractivity contribution >= 4 is 33.5 Å². The molecule has 44 heavy (non-hydrogen) atoms. The van der Waals surface area contributed by atoms with Crippen molar-refractivity contribution in [3.63, 3.8) is 0 Å². The molecule has 226 valence electrons. The first-order valence-corrected chi connectivity index (χ1v) is 13.7. The molecule has 4 aromatic carbocycles. The van der Waals surface area contributed by atoms with Crippen molar-refractivity contribution in [2.45, 2.75) is 25.3 Å². The summed E-state index contributed by atoms with van der Waals surface area (Å²) in [5, 5.41) is 23.4. The molecule has 0 fully saturated rings. The van der Waals surface area contributed by atoms with E-state index in [0.717, 1.165) is 17.8 Å². The molecule has 0 aliphatic rings. The van der Waals surface area contributed by atoms with Gasteiger partial charge in [-0.2, -0.15) is 0 Å². The van der Waals surface area contributed by atoms with Gasteiger partial charge in [-0.15, -0.1) is 0 Å². The number of hydrogen-bond acceptors (Lipinski definition) is 9. The molecule has 12 heteroatoms. The third-order valence-corrected chi connectivity index (χ3v) is 7.18. The number of benzene rings is 4. The van der Waals surface area contributed by atoms with Crippen molar-refractivity contribution in [2.75, 3.05) is 13.2 Å². The SMILES string of the molecule is Cn1c(=O)n(CC(O)COC(=O)c2cccc3ccccc23)c(=O)n(CC(CO)OC(=O)c2cccc3ccccc23)c1=O. The van der Waals surface area contributed by atoms with Gasteiger partial charge in [-0.3, -0.25) is 0 Å². The van der Waals surface area contributed by atoms with Gasteiger partial charge in [-0.25, -0.2) is 37.7 Å². The molecule has 0 aliphatic carbocycles. The van der Waals surface area contributed by atoms with Gasteiger partial charge in [0.1, 0.15) is 18.8 Å². The predicted molar refractivity (Wildman–Crippen MR) is 161 cm³/mol. The lowest BCUT2D eigenvalue weighted by molar-refractivity contribution is 0.00725. The molecule has 0 amide bonds. The molecule has 1 aromatic heterocycles. The second-order valence-corrected chi connectivity index (χ2v) is 10.1. The van der Waals surface area contributed by atoms with Gasteiger partial charge < -0.3 is 19.7 Å². The minimum Gasteiger partial charge on any atom is -0.459 e. The number of aliphatic hydroxyl groups is 2. The number of aliphatic hydroxyl groups excluding tert-OH is 2. The van der Waals surface area contributed by atoms with E-state index >= 15 is 0 Å². The number of carbonyl (C=O) groups is 2. The lowest BCUT2D eigenvalue weighted by atomic mass is 10.0. The first-order chi connectivity index (χ1) is 21.2. The van der Waals surface area contributed by atoms with Crippen LogP contribution in [0.15, 0.2) is 99.3 Å². The molecule has 0 spiro atoms. The van der Waals surface area contributed by atoms with Gasteiger partial charge >= 0.3 is 29.0 Å². The molecule has 0 aliphatic heterocycles. The van der Waals surface area contributed by atoms with Crippen molar-refractivity contribution in [3.05, 3.63) is 128 Å². The molecule has 0 saturated heterocycles. The largest absolute Gasteiger partial charge is 0.459 e. The molecule has 5 aromatic rings. The van der Waals surface area contributed by atoms with Crippen LogP contribution in [-0.4, -0.2) is 61.3 Å². The molecule has 5 rings (SSSR count). The van der Waals surface area contributed by atoms with Crippen LogP contribution < -0.4 is 17.1 Å². The molecule has 2 atom stereocenters. The summed E-state index contributed by atoms with van der Waals surface area (Å²) in [6.07, 6.45) is -2.80. The van der Waals surface area contributed by atoms with E-state index in [4.69, 9.17) is 9.47 Å².